The first-order valence-corrected chi connectivity index (χ1v) is 6.10. The van der Waals surface area contributed by atoms with Gasteiger partial charge in [-0.05, 0) is 59.9 Å². The molecule has 0 unspecified atom stereocenters. The Labute approximate surface area is 108 Å². The largest absolute Gasteiger partial charge is 0.497 e. The Bertz CT molecular complexity index is 561. The first-order valence-electron chi connectivity index (χ1n) is 6.10. The quantitative estimate of drug-likeness (QED) is 0.893. The lowest BCUT2D eigenvalue weighted by Gasteiger charge is -2.12. The van der Waals surface area contributed by atoms with Crippen LogP contribution in [0.3, 0.4) is 0 Å². The molecule has 0 saturated carbocycles. The lowest BCUT2D eigenvalue weighted by molar-refractivity contribution is 0.414. The normalized spacial score (nSPS) is 10.4. The van der Waals surface area contributed by atoms with E-state index in [1.165, 1.54) is 22.3 Å². The van der Waals surface area contributed by atoms with Crippen LogP contribution in [0.2, 0.25) is 0 Å². The van der Waals surface area contributed by atoms with Crippen molar-refractivity contribution in [1.82, 2.24) is 0 Å². The maximum Gasteiger partial charge on any atom is 0.119 e. The summed E-state index contributed by atoms with van der Waals surface area (Å²) in [6.07, 6.45) is 0. The zero-order valence-corrected chi connectivity index (χ0v) is 11.2. The van der Waals surface area contributed by atoms with Crippen LogP contribution in [0.5, 0.6) is 5.75 Å². The highest BCUT2D eigenvalue weighted by atomic mass is 16.5. The van der Waals surface area contributed by atoms with E-state index in [1.54, 1.807) is 7.11 Å². The first-order chi connectivity index (χ1) is 8.65. The SMILES string of the molecule is COc1ccc(-c2cc(CN)ccc2C)c(C)c1. The van der Waals surface area contributed by atoms with E-state index in [0.29, 0.717) is 6.54 Å². The summed E-state index contributed by atoms with van der Waals surface area (Å²) in [6.45, 7) is 4.80. The van der Waals surface area contributed by atoms with E-state index in [2.05, 4.69) is 44.2 Å². The molecule has 2 aromatic carbocycles. The van der Waals surface area contributed by atoms with Gasteiger partial charge in [-0.3, -0.25) is 0 Å². The Hall–Kier alpha value is -1.80. The van der Waals surface area contributed by atoms with Crippen molar-refractivity contribution >= 4 is 0 Å². The zero-order chi connectivity index (χ0) is 13.1. The number of aryl methyl sites for hydroxylation is 2. The summed E-state index contributed by atoms with van der Waals surface area (Å²) in [5.41, 5.74) is 11.8. The van der Waals surface area contributed by atoms with E-state index in [9.17, 15) is 0 Å². The van der Waals surface area contributed by atoms with Gasteiger partial charge in [0.1, 0.15) is 5.75 Å². The van der Waals surface area contributed by atoms with Gasteiger partial charge in [0.05, 0.1) is 7.11 Å². The van der Waals surface area contributed by atoms with Crippen molar-refractivity contribution in [2.45, 2.75) is 20.4 Å². The average molecular weight is 241 g/mol. The zero-order valence-electron chi connectivity index (χ0n) is 11.2. The lowest BCUT2D eigenvalue weighted by atomic mass is 9.95. The van der Waals surface area contributed by atoms with Gasteiger partial charge in [-0.15, -0.1) is 0 Å². The molecule has 0 aliphatic rings. The standard InChI is InChI=1S/C16H19NO/c1-11-4-5-13(10-17)9-16(11)15-7-6-14(18-3)8-12(15)2/h4-9H,10,17H2,1-3H3. The monoisotopic (exact) mass is 241 g/mol. The van der Waals surface area contributed by atoms with Crippen LogP contribution >= 0.6 is 0 Å². The molecule has 0 spiro atoms. The van der Waals surface area contributed by atoms with Crippen LogP contribution in [-0.4, -0.2) is 7.11 Å². The molecule has 0 fully saturated rings. The summed E-state index contributed by atoms with van der Waals surface area (Å²) in [4.78, 5) is 0. The predicted octanol–water partition coefficient (Wildman–Crippen LogP) is 3.44. The third-order valence-electron chi connectivity index (χ3n) is 3.26. The molecule has 2 N–H and O–H groups in total. The molecular weight excluding hydrogens is 222 g/mol. The second-order valence-electron chi connectivity index (χ2n) is 4.53. The highest BCUT2D eigenvalue weighted by Gasteiger charge is 2.07. The predicted molar refractivity (Wildman–Crippen MR) is 75.8 cm³/mol. The number of ether oxygens (including phenoxy) is 1. The highest BCUT2D eigenvalue weighted by molar-refractivity contribution is 5.71. The Morgan fingerprint density at radius 2 is 1.72 bits per heavy atom. The summed E-state index contributed by atoms with van der Waals surface area (Å²) in [5.74, 6) is 0.892. The van der Waals surface area contributed by atoms with Crippen LogP contribution < -0.4 is 10.5 Å². The minimum Gasteiger partial charge on any atom is -0.497 e. The minimum absolute atomic E-state index is 0.572. The maximum absolute atomic E-state index is 5.71. The third kappa shape index (κ3) is 2.39. The number of methoxy groups -OCH3 is 1. The molecule has 0 heterocycles. The van der Waals surface area contributed by atoms with Gasteiger partial charge in [0.2, 0.25) is 0 Å². The summed E-state index contributed by atoms with van der Waals surface area (Å²) in [7, 11) is 1.69. The fourth-order valence-electron chi connectivity index (χ4n) is 2.15. The second kappa shape index (κ2) is 5.23. The van der Waals surface area contributed by atoms with Gasteiger partial charge in [0.25, 0.3) is 0 Å². The molecular formula is C16H19NO. The van der Waals surface area contributed by atoms with Crippen molar-refractivity contribution < 1.29 is 4.74 Å². The van der Waals surface area contributed by atoms with E-state index >= 15 is 0 Å². The molecule has 2 heteroatoms. The smallest absolute Gasteiger partial charge is 0.119 e. The Morgan fingerprint density at radius 3 is 2.33 bits per heavy atom. The van der Waals surface area contributed by atoms with E-state index in [0.717, 1.165) is 11.3 Å². The topological polar surface area (TPSA) is 35.2 Å². The van der Waals surface area contributed by atoms with Crippen molar-refractivity contribution in [3.63, 3.8) is 0 Å². The summed E-state index contributed by atoms with van der Waals surface area (Å²) in [6, 6.07) is 12.5. The van der Waals surface area contributed by atoms with Crippen LogP contribution in [0.15, 0.2) is 36.4 Å². The summed E-state index contributed by atoms with van der Waals surface area (Å²) >= 11 is 0. The van der Waals surface area contributed by atoms with Crippen LogP contribution in [-0.2, 0) is 6.54 Å². The number of benzene rings is 2. The van der Waals surface area contributed by atoms with Crippen LogP contribution in [0.25, 0.3) is 11.1 Å². The van der Waals surface area contributed by atoms with Crippen LogP contribution in [0.4, 0.5) is 0 Å². The Morgan fingerprint density at radius 1 is 0.944 bits per heavy atom. The number of hydrogen-bond acceptors (Lipinski definition) is 2. The van der Waals surface area contributed by atoms with E-state index in [4.69, 9.17) is 10.5 Å². The number of rotatable bonds is 3. The van der Waals surface area contributed by atoms with Gasteiger partial charge in [-0.25, -0.2) is 0 Å². The van der Waals surface area contributed by atoms with Gasteiger partial charge >= 0.3 is 0 Å². The molecule has 94 valence electrons. The third-order valence-corrected chi connectivity index (χ3v) is 3.26. The Kier molecular flexibility index (Phi) is 3.68. The fourth-order valence-corrected chi connectivity index (χ4v) is 2.15. The molecule has 0 amide bonds. The first kappa shape index (κ1) is 12.7. The van der Waals surface area contributed by atoms with Crippen molar-refractivity contribution in [2.75, 3.05) is 7.11 Å². The van der Waals surface area contributed by atoms with Gasteiger partial charge in [0.15, 0.2) is 0 Å². The molecule has 2 nitrogen and oxygen atoms in total. The molecule has 0 atom stereocenters. The van der Waals surface area contributed by atoms with Crippen molar-refractivity contribution in [3.05, 3.63) is 53.1 Å². The minimum atomic E-state index is 0.572. The van der Waals surface area contributed by atoms with Crippen molar-refractivity contribution in [1.29, 1.82) is 0 Å². The molecule has 0 saturated heterocycles. The molecule has 2 aromatic rings. The molecule has 0 aliphatic carbocycles. The molecule has 18 heavy (non-hydrogen) atoms. The molecule has 0 aromatic heterocycles. The Balaban J connectivity index is 2.54. The van der Waals surface area contributed by atoms with Crippen molar-refractivity contribution in [3.8, 4) is 16.9 Å². The highest BCUT2D eigenvalue weighted by Crippen LogP contribution is 2.30. The number of hydrogen-bond donors (Lipinski definition) is 1. The van der Waals surface area contributed by atoms with Crippen LogP contribution in [0.1, 0.15) is 16.7 Å². The molecule has 2 rings (SSSR count). The fraction of sp³-hybridized carbons (Fsp3) is 0.250. The second-order valence-corrected chi connectivity index (χ2v) is 4.53. The molecule has 0 radical (unpaired) electrons. The van der Waals surface area contributed by atoms with Crippen LogP contribution in [0, 0.1) is 13.8 Å². The van der Waals surface area contributed by atoms with E-state index < -0.39 is 0 Å². The average Bonchev–Trinajstić information content (AvgIpc) is 2.39. The molecule has 0 bridgehead atoms. The van der Waals surface area contributed by atoms with Gasteiger partial charge in [0, 0.05) is 6.54 Å². The van der Waals surface area contributed by atoms with Gasteiger partial charge in [-0.2, -0.15) is 0 Å². The van der Waals surface area contributed by atoms with Gasteiger partial charge < -0.3 is 10.5 Å². The van der Waals surface area contributed by atoms with E-state index in [-0.39, 0.29) is 0 Å². The maximum atomic E-state index is 5.71. The van der Waals surface area contributed by atoms with Crippen molar-refractivity contribution in [2.24, 2.45) is 5.73 Å². The van der Waals surface area contributed by atoms with E-state index in [1.807, 2.05) is 6.07 Å². The number of nitrogens with two attached hydrogens (primary N) is 1. The van der Waals surface area contributed by atoms with Gasteiger partial charge in [-0.1, -0.05) is 18.2 Å². The lowest BCUT2D eigenvalue weighted by Crippen LogP contribution is -1.97. The summed E-state index contributed by atoms with van der Waals surface area (Å²) < 4.78 is 5.24. The summed E-state index contributed by atoms with van der Waals surface area (Å²) in [5, 5.41) is 0. The molecule has 0 aliphatic heterocycles.